The molecule has 4 heteroatoms. The molecule has 2 aromatic carbocycles. The predicted molar refractivity (Wildman–Crippen MR) is 76.5 cm³/mol. The monoisotopic (exact) mass is 271 g/mol. The first-order chi connectivity index (χ1) is 9.72. The normalized spacial score (nSPS) is 10.1. The Bertz CT molecular complexity index is 561. The van der Waals surface area contributed by atoms with Crippen LogP contribution in [0.5, 0.6) is 5.75 Å². The molecule has 0 unspecified atom stereocenters. The van der Waals surface area contributed by atoms with Crippen molar-refractivity contribution in [1.29, 1.82) is 0 Å². The summed E-state index contributed by atoms with van der Waals surface area (Å²) in [6.07, 6.45) is 0. The first-order valence-electron chi connectivity index (χ1n) is 6.34. The molecule has 0 saturated carbocycles. The third-order valence-electron chi connectivity index (χ3n) is 3.01. The van der Waals surface area contributed by atoms with Gasteiger partial charge in [-0.25, -0.2) is 0 Å². The Morgan fingerprint density at radius 1 is 1.05 bits per heavy atom. The van der Waals surface area contributed by atoms with Crippen LogP contribution in [0.15, 0.2) is 48.5 Å². The molecule has 0 atom stereocenters. The molecule has 0 heterocycles. The summed E-state index contributed by atoms with van der Waals surface area (Å²) < 4.78 is 5.08. The summed E-state index contributed by atoms with van der Waals surface area (Å²) >= 11 is 0. The third-order valence-corrected chi connectivity index (χ3v) is 3.01. The smallest absolute Gasteiger partial charge is 0.251 e. The third kappa shape index (κ3) is 3.59. The van der Waals surface area contributed by atoms with Crippen LogP contribution in [-0.2, 0) is 13.2 Å². The van der Waals surface area contributed by atoms with Gasteiger partial charge < -0.3 is 15.2 Å². The highest BCUT2D eigenvalue weighted by Crippen LogP contribution is 2.11. The highest BCUT2D eigenvalue weighted by atomic mass is 16.5. The number of ether oxygens (including phenoxy) is 1. The van der Waals surface area contributed by atoms with Gasteiger partial charge in [-0.15, -0.1) is 0 Å². The number of benzene rings is 2. The number of amides is 1. The summed E-state index contributed by atoms with van der Waals surface area (Å²) in [6.45, 7) is 0.443. The quantitative estimate of drug-likeness (QED) is 0.875. The van der Waals surface area contributed by atoms with Gasteiger partial charge in [-0.2, -0.15) is 0 Å². The van der Waals surface area contributed by atoms with E-state index in [1.807, 2.05) is 24.3 Å². The van der Waals surface area contributed by atoms with E-state index in [0.29, 0.717) is 12.1 Å². The molecule has 0 radical (unpaired) electrons. The molecule has 0 aliphatic heterocycles. The lowest BCUT2D eigenvalue weighted by Gasteiger charge is -2.07. The molecule has 0 bridgehead atoms. The van der Waals surface area contributed by atoms with Crippen LogP contribution < -0.4 is 10.1 Å². The molecular formula is C16H17NO3. The van der Waals surface area contributed by atoms with E-state index in [9.17, 15) is 4.79 Å². The molecular weight excluding hydrogens is 254 g/mol. The van der Waals surface area contributed by atoms with Gasteiger partial charge in [0.2, 0.25) is 0 Å². The molecule has 0 aromatic heterocycles. The second-order valence-electron chi connectivity index (χ2n) is 4.39. The minimum atomic E-state index is -0.134. The topological polar surface area (TPSA) is 58.6 Å². The molecule has 104 valence electrons. The number of hydrogen-bond donors (Lipinski definition) is 2. The van der Waals surface area contributed by atoms with Crippen LogP contribution in [0, 0.1) is 0 Å². The number of carbonyl (C=O) groups is 1. The first-order valence-corrected chi connectivity index (χ1v) is 6.34. The fourth-order valence-electron chi connectivity index (χ4n) is 1.79. The molecule has 0 saturated heterocycles. The van der Waals surface area contributed by atoms with E-state index in [-0.39, 0.29) is 12.5 Å². The van der Waals surface area contributed by atoms with Gasteiger partial charge in [-0.05, 0) is 35.4 Å². The van der Waals surface area contributed by atoms with E-state index in [2.05, 4.69) is 5.32 Å². The van der Waals surface area contributed by atoms with Crippen LogP contribution in [-0.4, -0.2) is 18.1 Å². The predicted octanol–water partition coefficient (Wildman–Crippen LogP) is 2.12. The molecule has 0 aliphatic rings. The van der Waals surface area contributed by atoms with E-state index in [0.717, 1.165) is 16.9 Å². The van der Waals surface area contributed by atoms with Crippen molar-refractivity contribution in [2.45, 2.75) is 13.2 Å². The van der Waals surface area contributed by atoms with Crippen molar-refractivity contribution in [3.8, 4) is 5.75 Å². The van der Waals surface area contributed by atoms with Crippen LogP contribution in [0.3, 0.4) is 0 Å². The molecule has 2 rings (SSSR count). The standard InChI is InChI=1S/C16H17NO3/c1-20-15-8-4-12(5-9-15)10-17-16(19)14-6-2-13(11-18)3-7-14/h2-9,18H,10-11H2,1H3,(H,17,19). The van der Waals surface area contributed by atoms with Gasteiger partial charge in [0.25, 0.3) is 5.91 Å². The van der Waals surface area contributed by atoms with Gasteiger partial charge >= 0.3 is 0 Å². The lowest BCUT2D eigenvalue weighted by molar-refractivity contribution is 0.0951. The molecule has 0 aliphatic carbocycles. The summed E-state index contributed by atoms with van der Waals surface area (Å²) in [4.78, 5) is 11.9. The number of carbonyl (C=O) groups excluding carboxylic acids is 1. The van der Waals surface area contributed by atoms with Crippen LogP contribution in [0.2, 0.25) is 0 Å². The summed E-state index contributed by atoms with van der Waals surface area (Å²) in [5.74, 6) is 0.657. The number of hydrogen-bond acceptors (Lipinski definition) is 3. The minimum Gasteiger partial charge on any atom is -0.497 e. The van der Waals surface area contributed by atoms with Crippen molar-refractivity contribution in [3.05, 3.63) is 65.2 Å². The Balaban J connectivity index is 1.93. The number of methoxy groups -OCH3 is 1. The van der Waals surface area contributed by atoms with Gasteiger partial charge in [0.05, 0.1) is 13.7 Å². The van der Waals surface area contributed by atoms with Crippen molar-refractivity contribution in [2.75, 3.05) is 7.11 Å². The maximum absolute atomic E-state index is 11.9. The van der Waals surface area contributed by atoms with E-state index in [1.54, 1.807) is 31.4 Å². The molecule has 0 spiro atoms. The molecule has 20 heavy (non-hydrogen) atoms. The Kier molecular flexibility index (Phi) is 4.74. The Morgan fingerprint density at radius 2 is 1.65 bits per heavy atom. The Morgan fingerprint density at radius 3 is 2.20 bits per heavy atom. The van der Waals surface area contributed by atoms with Crippen molar-refractivity contribution in [2.24, 2.45) is 0 Å². The van der Waals surface area contributed by atoms with E-state index in [4.69, 9.17) is 9.84 Å². The zero-order valence-electron chi connectivity index (χ0n) is 11.3. The second-order valence-corrected chi connectivity index (χ2v) is 4.39. The number of aliphatic hydroxyl groups excluding tert-OH is 1. The molecule has 0 fully saturated rings. The van der Waals surface area contributed by atoms with Gasteiger partial charge in [0.1, 0.15) is 5.75 Å². The zero-order valence-corrected chi connectivity index (χ0v) is 11.3. The molecule has 1 amide bonds. The van der Waals surface area contributed by atoms with E-state index < -0.39 is 0 Å². The second kappa shape index (κ2) is 6.73. The maximum atomic E-state index is 11.9. The van der Waals surface area contributed by atoms with Gasteiger partial charge in [0, 0.05) is 12.1 Å². The minimum absolute atomic E-state index is 0.0201. The van der Waals surface area contributed by atoms with Crippen molar-refractivity contribution in [1.82, 2.24) is 5.32 Å². The molecule has 2 aromatic rings. The summed E-state index contributed by atoms with van der Waals surface area (Å²) in [7, 11) is 1.62. The fraction of sp³-hybridized carbons (Fsp3) is 0.188. The van der Waals surface area contributed by atoms with Crippen molar-refractivity contribution in [3.63, 3.8) is 0 Å². The van der Waals surface area contributed by atoms with Gasteiger partial charge in [-0.1, -0.05) is 24.3 Å². The lowest BCUT2D eigenvalue weighted by atomic mass is 10.1. The maximum Gasteiger partial charge on any atom is 0.251 e. The number of aliphatic hydroxyl groups is 1. The van der Waals surface area contributed by atoms with Gasteiger partial charge in [-0.3, -0.25) is 4.79 Å². The van der Waals surface area contributed by atoms with E-state index in [1.165, 1.54) is 0 Å². The molecule has 2 N–H and O–H groups in total. The fourth-order valence-corrected chi connectivity index (χ4v) is 1.79. The van der Waals surface area contributed by atoms with Crippen LogP contribution in [0.1, 0.15) is 21.5 Å². The average Bonchev–Trinajstić information content (AvgIpc) is 2.53. The van der Waals surface area contributed by atoms with Crippen LogP contribution in [0.25, 0.3) is 0 Å². The number of rotatable bonds is 5. The Labute approximate surface area is 118 Å². The largest absolute Gasteiger partial charge is 0.497 e. The highest BCUT2D eigenvalue weighted by Gasteiger charge is 2.05. The van der Waals surface area contributed by atoms with Gasteiger partial charge in [0.15, 0.2) is 0 Å². The van der Waals surface area contributed by atoms with Crippen LogP contribution in [0.4, 0.5) is 0 Å². The van der Waals surface area contributed by atoms with Crippen molar-refractivity contribution < 1.29 is 14.6 Å². The highest BCUT2D eigenvalue weighted by molar-refractivity contribution is 5.94. The van der Waals surface area contributed by atoms with E-state index >= 15 is 0 Å². The number of nitrogens with one attached hydrogen (secondary N) is 1. The SMILES string of the molecule is COc1ccc(CNC(=O)c2ccc(CO)cc2)cc1. The summed E-state index contributed by atoms with van der Waals surface area (Å²) in [5.41, 5.74) is 2.37. The van der Waals surface area contributed by atoms with Crippen molar-refractivity contribution >= 4 is 5.91 Å². The van der Waals surface area contributed by atoms with Crippen LogP contribution >= 0.6 is 0 Å². The Hall–Kier alpha value is -2.33. The zero-order chi connectivity index (χ0) is 14.4. The summed E-state index contributed by atoms with van der Waals surface area (Å²) in [5, 5.41) is 11.8. The average molecular weight is 271 g/mol. The molecule has 4 nitrogen and oxygen atoms in total. The summed E-state index contributed by atoms with van der Waals surface area (Å²) in [6, 6.07) is 14.4. The first kappa shape index (κ1) is 14.1. The lowest BCUT2D eigenvalue weighted by Crippen LogP contribution is -2.22.